The number of pyridine rings is 1. The first kappa shape index (κ1) is 21.1. The molecular formula is C24H29N3OS. The summed E-state index contributed by atoms with van der Waals surface area (Å²) in [5.41, 5.74) is 5.00. The second-order valence-corrected chi connectivity index (χ2v) is 7.98. The first-order chi connectivity index (χ1) is 14.0. The van der Waals surface area contributed by atoms with Crippen molar-refractivity contribution in [2.45, 2.75) is 46.7 Å². The summed E-state index contributed by atoms with van der Waals surface area (Å²) < 4.78 is 0. The number of thiocarbonyl (C=S) groups is 1. The summed E-state index contributed by atoms with van der Waals surface area (Å²) in [5, 5.41) is 5.08. The molecule has 0 aliphatic rings. The van der Waals surface area contributed by atoms with Gasteiger partial charge in [0.25, 0.3) is 5.56 Å². The molecule has 0 unspecified atom stereocenters. The van der Waals surface area contributed by atoms with Crippen molar-refractivity contribution in [3.05, 3.63) is 81.1 Å². The lowest BCUT2D eigenvalue weighted by molar-refractivity contribution is 0.397. The summed E-state index contributed by atoms with van der Waals surface area (Å²) in [6.45, 7) is 8.22. The van der Waals surface area contributed by atoms with E-state index in [-0.39, 0.29) is 5.56 Å². The number of hydrogen-bond acceptors (Lipinski definition) is 2. The van der Waals surface area contributed by atoms with E-state index in [2.05, 4.69) is 53.3 Å². The number of rotatable bonds is 7. The van der Waals surface area contributed by atoms with Crippen LogP contribution in [0.15, 0.2) is 53.3 Å². The Morgan fingerprint density at radius 1 is 1.10 bits per heavy atom. The number of unbranched alkanes of at least 4 members (excludes halogenated alkanes) is 1. The van der Waals surface area contributed by atoms with Gasteiger partial charge in [0.15, 0.2) is 5.11 Å². The van der Waals surface area contributed by atoms with Crippen LogP contribution in [0.4, 0.5) is 0 Å². The predicted molar refractivity (Wildman–Crippen MR) is 125 cm³/mol. The van der Waals surface area contributed by atoms with E-state index in [1.807, 2.05) is 31.2 Å². The van der Waals surface area contributed by atoms with Crippen LogP contribution < -0.4 is 10.9 Å². The van der Waals surface area contributed by atoms with Crippen LogP contribution >= 0.6 is 12.2 Å². The Kier molecular flexibility index (Phi) is 7.04. The minimum atomic E-state index is -0.0566. The van der Waals surface area contributed by atoms with Crippen molar-refractivity contribution >= 4 is 28.2 Å². The van der Waals surface area contributed by atoms with E-state index < -0.39 is 0 Å². The van der Waals surface area contributed by atoms with Crippen molar-refractivity contribution in [1.29, 1.82) is 0 Å². The first-order valence-electron chi connectivity index (χ1n) is 10.2. The molecule has 0 spiro atoms. The zero-order chi connectivity index (χ0) is 20.8. The lowest BCUT2D eigenvalue weighted by atomic mass is 10.1. The fourth-order valence-corrected chi connectivity index (χ4v) is 3.77. The van der Waals surface area contributed by atoms with Gasteiger partial charge in [0.2, 0.25) is 0 Å². The Hall–Kier alpha value is -2.66. The molecule has 3 aromatic rings. The molecule has 3 rings (SSSR count). The fraction of sp³-hybridized carbons (Fsp3) is 0.333. The monoisotopic (exact) mass is 407 g/mol. The molecular weight excluding hydrogens is 378 g/mol. The van der Waals surface area contributed by atoms with Gasteiger partial charge in [-0.15, -0.1) is 0 Å². The Morgan fingerprint density at radius 2 is 1.86 bits per heavy atom. The molecule has 152 valence electrons. The molecule has 0 atom stereocenters. The minimum absolute atomic E-state index is 0.0566. The Bertz CT molecular complexity index is 1040. The molecule has 2 aromatic carbocycles. The molecule has 0 fully saturated rings. The van der Waals surface area contributed by atoms with Gasteiger partial charge in [-0.1, -0.05) is 55.3 Å². The highest BCUT2D eigenvalue weighted by atomic mass is 32.1. The van der Waals surface area contributed by atoms with Crippen LogP contribution in [0.25, 0.3) is 10.9 Å². The highest BCUT2D eigenvalue weighted by Gasteiger charge is 2.14. The highest BCUT2D eigenvalue weighted by molar-refractivity contribution is 7.80. The third kappa shape index (κ3) is 5.45. The molecule has 5 heteroatoms. The van der Waals surface area contributed by atoms with Crippen molar-refractivity contribution in [3.63, 3.8) is 0 Å². The Labute approximate surface area is 178 Å². The zero-order valence-electron chi connectivity index (χ0n) is 17.4. The van der Waals surface area contributed by atoms with E-state index >= 15 is 0 Å². The lowest BCUT2D eigenvalue weighted by Crippen LogP contribution is -2.40. The molecule has 0 amide bonds. The predicted octanol–water partition coefficient (Wildman–Crippen LogP) is 4.82. The number of fused-ring (bicyclic) bond motifs is 1. The minimum Gasteiger partial charge on any atom is -0.363 e. The number of aromatic nitrogens is 1. The molecule has 0 aliphatic heterocycles. The molecule has 29 heavy (non-hydrogen) atoms. The average molecular weight is 408 g/mol. The number of hydrogen-bond donors (Lipinski definition) is 2. The summed E-state index contributed by atoms with van der Waals surface area (Å²) in [5.74, 6) is 0. The maximum absolute atomic E-state index is 12.8. The molecule has 0 saturated heterocycles. The summed E-state index contributed by atoms with van der Waals surface area (Å²) in [7, 11) is 0. The molecule has 0 bridgehead atoms. The van der Waals surface area contributed by atoms with E-state index in [0.29, 0.717) is 18.2 Å². The number of nitrogens with one attached hydrogen (secondary N) is 2. The van der Waals surface area contributed by atoms with E-state index in [0.717, 1.165) is 47.0 Å². The van der Waals surface area contributed by atoms with Crippen LogP contribution in [0.1, 0.15) is 42.0 Å². The lowest BCUT2D eigenvalue weighted by Gasteiger charge is -2.26. The highest BCUT2D eigenvalue weighted by Crippen LogP contribution is 2.19. The molecule has 4 nitrogen and oxygen atoms in total. The molecule has 2 N–H and O–H groups in total. The quantitative estimate of drug-likeness (QED) is 0.435. The molecule has 0 saturated carbocycles. The number of aromatic amines is 1. The van der Waals surface area contributed by atoms with Gasteiger partial charge in [-0.05, 0) is 61.1 Å². The first-order valence-corrected chi connectivity index (χ1v) is 10.6. The maximum atomic E-state index is 12.8. The van der Waals surface area contributed by atoms with E-state index in [1.165, 1.54) is 5.56 Å². The molecule has 1 aromatic heterocycles. The van der Waals surface area contributed by atoms with Crippen molar-refractivity contribution in [2.75, 3.05) is 6.54 Å². The van der Waals surface area contributed by atoms with Gasteiger partial charge in [0, 0.05) is 18.7 Å². The number of aryl methyl sites for hydroxylation is 2. The van der Waals surface area contributed by atoms with Crippen molar-refractivity contribution in [2.24, 2.45) is 0 Å². The standard InChI is InChI=1S/C24H29N3OS/c1-4-5-11-25-24(29)27(15-19-9-7-6-8-10-19)16-21-14-20-13-17(2)12-18(3)22(20)26-23(21)28/h6-10,12-14H,4-5,11,15-16H2,1-3H3,(H,25,29)(H,26,28). The Morgan fingerprint density at radius 3 is 2.59 bits per heavy atom. The zero-order valence-corrected chi connectivity index (χ0v) is 18.2. The van der Waals surface area contributed by atoms with E-state index in [9.17, 15) is 4.79 Å². The number of H-pyrrole nitrogens is 1. The fourth-order valence-electron chi connectivity index (χ4n) is 3.54. The van der Waals surface area contributed by atoms with Crippen LogP contribution in [-0.4, -0.2) is 21.5 Å². The van der Waals surface area contributed by atoms with Crippen LogP contribution in [0, 0.1) is 13.8 Å². The molecule has 1 heterocycles. The third-order valence-electron chi connectivity index (χ3n) is 5.04. The van der Waals surface area contributed by atoms with Crippen LogP contribution in [-0.2, 0) is 13.1 Å². The second kappa shape index (κ2) is 9.70. The van der Waals surface area contributed by atoms with Gasteiger partial charge < -0.3 is 15.2 Å². The molecule has 0 radical (unpaired) electrons. The summed E-state index contributed by atoms with van der Waals surface area (Å²) >= 11 is 5.67. The van der Waals surface area contributed by atoms with Crippen LogP contribution in [0.5, 0.6) is 0 Å². The van der Waals surface area contributed by atoms with Gasteiger partial charge in [-0.25, -0.2) is 0 Å². The number of benzene rings is 2. The SMILES string of the molecule is CCCCNC(=S)N(Cc1ccccc1)Cc1cc2cc(C)cc(C)c2[nH]c1=O. The maximum Gasteiger partial charge on any atom is 0.253 e. The van der Waals surface area contributed by atoms with Crippen LogP contribution in [0.3, 0.4) is 0 Å². The normalized spacial score (nSPS) is 10.9. The van der Waals surface area contributed by atoms with Crippen molar-refractivity contribution < 1.29 is 0 Å². The van der Waals surface area contributed by atoms with E-state index in [1.54, 1.807) is 0 Å². The third-order valence-corrected chi connectivity index (χ3v) is 5.44. The number of nitrogens with zero attached hydrogens (tertiary/aromatic N) is 1. The van der Waals surface area contributed by atoms with Gasteiger partial charge in [0.1, 0.15) is 0 Å². The van der Waals surface area contributed by atoms with Crippen molar-refractivity contribution in [3.8, 4) is 0 Å². The van der Waals surface area contributed by atoms with Crippen molar-refractivity contribution in [1.82, 2.24) is 15.2 Å². The van der Waals surface area contributed by atoms with Crippen LogP contribution in [0.2, 0.25) is 0 Å². The summed E-state index contributed by atoms with van der Waals surface area (Å²) in [6.07, 6.45) is 2.17. The Balaban J connectivity index is 1.90. The van der Waals surface area contributed by atoms with E-state index in [4.69, 9.17) is 12.2 Å². The second-order valence-electron chi connectivity index (χ2n) is 7.60. The van der Waals surface area contributed by atoms with Gasteiger partial charge in [-0.3, -0.25) is 4.79 Å². The van der Waals surface area contributed by atoms with Gasteiger partial charge in [0.05, 0.1) is 12.1 Å². The topological polar surface area (TPSA) is 48.1 Å². The smallest absolute Gasteiger partial charge is 0.253 e. The van der Waals surface area contributed by atoms with Gasteiger partial charge >= 0.3 is 0 Å². The summed E-state index contributed by atoms with van der Waals surface area (Å²) in [6, 6.07) is 16.4. The van der Waals surface area contributed by atoms with Gasteiger partial charge in [-0.2, -0.15) is 0 Å². The summed E-state index contributed by atoms with van der Waals surface area (Å²) in [4.78, 5) is 17.9. The average Bonchev–Trinajstić information content (AvgIpc) is 2.69. The largest absolute Gasteiger partial charge is 0.363 e. The molecule has 0 aliphatic carbocycles.